The summed E-state index contributed by atoms with van der Waals surface area (Å²) >= 11 is 0. The molecule has 3 rings (SSSR count). The van der Waals surface area contributed by atoms with Gasteiger partial charge in [0.1, 0.15) is 0 Å². The van der Waals surface area contributed by atoms with E-state index < -0.39 is 0 Å². The van der Waals surface area contributed by atoms with Gasteiger partial charge in [-0.1, -0.05) is 25.5 Å². The lowest BCUT2D eigenvalue weighted by molar-refractivity contribution is -0.126. The number of carbonyl (C=O) groups is 2. The molecule has 1 heterocycles. The molecule has 1 aromatic rings. The largest absolute Gasteiger partial charge is 0.356 e. The second-order valence-electron chi connectivity index (χ2n) is 6.93. The number of nitrogens with two attached hydrogens (primary N) is 1. The van der Waals surface area contributed by atoms with Crippen LogP contribution in [0.15, 0.2) is 18.2 Å². The average molecular weight is 366 g/mol. The monoisotopic (exact) mass is 365 g/mol. The first-order valence-electron chi connectivity index (χ1n) is 9.05. The standard InChI is InChI=1S/C19H27N3O2.ClH/c1-2-12-6-7-17-16(10-12)15(19(24)22-17)8-9-21-18(23)14-5-3-4-13(14)11-20;/h6-7,10,13-15H,2-5,8-9,11,20H2,1H3,(H,21,23)(H,22,24);1H/t13-,14-,15?;/m1./s1. The van der Waals surface area contributed by atoms with Gasteiger partial charge in [-0.05, 0) is 55.3 Å². The fourth-order valence-electron chi connectivity index (χ4n) is 4.02. The summed E-state index contributed by atoms with van der Waals surface area (Å²) in [4.78, 5) is 24.6. The maximum Gasteiger partial charge on any atom is 0.232 e. The van der Waals surface area contributed by atoms with Crippen molar-refractivity contribution in [3.8, 4) is 0 Å². The van der Waals surface area contributed by atoms with Crippen molar-refractivity contribution in [1.29, 1.82) is 0 Å². The van der Waals surface area contributed by atoms with Gasteiger partial charge in [0.25, 0.3) is 0 Å². The van der Waals surface area contributed by atoms with E-state index in [2.05, 4.69) is 29.7 Å². The van der Waals surface area contributed by atoms with Crippen molar-refractivity contribution in [2.75, 3.05) is 18.4 Å². The van der Waals surface area contributed by atoms with Crippen LogP contribution in [0.5, 0.6) is 0 Å². The molecule has 1 fully saturated rings. The molecule has 0 spiro atoms. The predicted octanol–water partition coefficient (Wildman–Crippen LogP) is 2.59. The zero-order valence-corrected chi connectivity index (χ0v) is 15.5. The van der Waals surface area contributed by atoms with Gasteiger partial charge in [-0.25, -0.2) is 0 Å². The van der Waals surface area contributed by atoms with Crippen LogP contribution < -0.4 is 16.4 Å². The van der Waals surface area contributed by atoms with Gasteiger partial charge in [0.2, 0.25) is 11.8 Å². The van der Waals surface area contributed by atoms with E-state index in [0.29, 0.717) is 25.4 Å². The molecular weight excluding hydrogens is 338 g/mol. The summed E-state index contributed by atoms with van der Waals surface area (Å²) in [7, 11) is 0. The summed E-state index contributed by atoms with van der Waals surface area (Å²) in [6.07, 6.45) is 4.65. The third-order valence-electron chi connectivity index (χ3n) is 5.50. The molecule has 0 aromatic heterocycles. The SMILES string of the molecule is CCc1ccc2c(c1)C(CCNC(=O)[C@@H]1CCC[C@@H]1CN)C(=O)N2.Cl. The summed E-state index contributed by atoms with van der Waals surface area (Å²) in [6.45, 7) is 3.22. The molecule has 138 valence electrons. The molecular formula is C19H28ClN3O2. The molecule has 4 N–H and O–H groups in total. The molecule has 3 atom stereocenters. The predicted molar refractivity (Wildman–Crippen MR) is 102 cm³/mol. The normalized spacial score (nSPS) is 24.4. The van der Waals surface area contributed by atoms with E-state index in [-0.39, 0.29) is 36.1 Å². The van der Waals surface area contributed by atoms with E-state index in [1.54, 1.807) is 0 Å². The third kappa shape index (κ3) is 4.15. The Balaban J connectivity index is 0.00000225. The molecule has 1 unspecified atom stereocenters. The van der Waals surface area contributed by atoms with Gasteiger partial charge < -0.3 is 16.4 Å². The Bertz CT molecular complexity index is 635. The van der Waals surface area contributed by atoms with Gasteiger partial charge in [-0.2, -0.15) is 0 Å². The molecule has 0 bridgehead atoms. The molecule has 1 saturated carbocycles. The molecule has 2 amide bonds. The number of amides is 2. The van der Waals surface area contributed by atoms with Crippen molar-refractivity contribution < 1.29 is 9.59 Å². The van der Waals surface area contributed by atoms with Crippen molar-refractivity contribution in [2.45, 2.75) is 44.9 Å². The van der Waals surface area contributed by atoms with Crippen LogP contribution in [0.1, 0.15) is 49.7 Å². The molecule has 1 aliphatic heterocycles. The van der Waals surface area contributed by atoms with Gasteiger partial charge >= 0.3 is 0 Å². The van der Waals surface area contributed by atoms with E-state index in [1.165, 1.54) is 5.56 Å². The highest BCUT2D eigenvalue weighted by atomic mass is 35.5. The third-order valence-corrected chi connectivity index (χ3v) is 5.50. The average Bonchev–Trinajstić information content (AvgIpc) is 3.18. The number of hydrogen-bond acceptors (Lipinski definition) is 3. The van der Waals surface area contributed by atoms with E-state index in [4.69, 9.17) is 5.73 Å². The Morgan fingerprint density at radius 2 is 2.16 bits per heavy atom. The van der Waals surface area contributed by atoms with E-state index >= 15 is 0 Å². The molecule has 25 heavy (non-hydrogen) atoms. The highest BCUT2D eigenvalue weighted by Gasteiger charge is 2.33. The highest BCUT2D eigenvalue weighted by molar-refractivity contribution is 6.03. The minimum Gasteiger partial charge on any atom is -0.356 e. The molecule has 0 radical (unpaired) electrons. The number of nitrogens with one attached hydrogen (secondary N) is 2. The molecule has 2 aliphatic rings. The van der Waals surface area contributed by atoms with Crippen molar-refractivity contribution in [1.82, 2.24) is 5.32 Å². The number of halogens is 1. The zero-order chi connectivity index (χ0) is 17.1. The number of rotatable bonds is 6. The maximum absolute atomic E-state index is 12.3. The number of fused-ring (bicyclic) bond motifs is 1. The number of hydrogen-bond donors (Lipinski definition) is 3. The lowest BCUT2D eigenvalue weighted by Crippen LogP contribution is -2.36. The number of anilines is 1. The Kier molecular flexibility index (Phi) is 6.85. The summed E-state index contributed by atoms with van der Waals surface area (Å²) < 4.78 is 0. The molecule has 1 aliphatic carbocycles. The van der Waals surface area contributed by atoms with E-state index in [0.717, 1.165) is 36.9 Å². The fraction of sp³-hybridized carbons (Fsp3) is 0.579. The maximum atomic E-state index is 12.3. The Morgan fingerprint density at radius 1 is 1.36 bits per heavy atom. The zero-order valence-electron chi connectivity index (χ0n) is 14.7. The van der Waals surface area contributed by atoms with Gasteiger partial charge in [-0.15, -0.1) is 12.4 Å². The quantitative estimate of drug-likeness (QED) is 0.724. The lowest BCUT2D eigenvalue weighted by Gasteiger charge is -2.18. The van der Waals surface area contributed by atoms with Crippen LogP contribution in [0.25, 0.3) is 0 Å². The fourth-order valence-corrected chi connectivity index (χ4v) is 4.02. The summed E-state index contributed by atoms with van der Waals surface area (Å²) in [5.74, 6) is 0.330. The van der Waals surface area contributed by atoms with E-state index in [9.17, 15) is 9.59 Å². The van der Waals surface area contributed by atoms with Crippen LogP contribution in [-0.4, -0.2) is 24.9 Å². The first kappa shape index (κ1) is 19.7. The first-order chi connectivity index (χ1) is 11.6. The van der Waals surface area contributed by atoms with Gasteiger partial charge in [0.05, 0.1) is 5.92 Å². The van der Waals surface area contributed by atoms with Gasteiger partial charge in [0.15, 0.2) is 0 Å². The smallest absolute Gasteiger partial charge is 0.232 e. The summed E-state index contributed by atoms with van der Waals surface area (Å²) in [5, 5.41) is 5.96. The van der Waals surface area contributed by atoms with Crippen LogP contribution in [0.3, 0.4) is 0 Å². The summed E-state index contributed by atoms with van der Waals surface area (Å²) in [6, 6.07) is 6.15. The van der Waals surface area contributed by atoms with Gasteiger partial charge in [-0.3, -0.25) is 9.59 Å². The number of benzene rings is 1. The molecule has 0 saturated heterocycles. The second kappa shape index (κ2) is 8.68. The van der Waals surface area contributed by atoms with Crippen LogP contribution >= 0.6 is 12.4 Å². The number of aryl methyl sites for hydroxylation is 1. The topological polar surface area (TPSA) is 84.2 Å². The van der Waals surface area contributed by atoms with Crippen LogP contribution in [0.4, 0.5) is 5.69 Å². The Hall–Kier alpha value is -1.59. The first-order valence-corrected chi connectivity index (χ1v) is 9.05. The molecule has 1 aromatic carbocycles. The Labute approximate surface area is 155 Å². The minimum absolute atomic E-state index is 0. The van der Waals surface area contributed by atoms with Crippen molar-refractivity contribution in [2.24, 2.45) is 17.6 Å². The lowest BCUT2D eigenvalue weighted by atomic mass is 9.94. The van der Waals surface area contributed by atoms with Crippen molar-refractivity contribution in [3.63, 3.8) is 0 Å². The minimum atomic E-state index is -0.166. The summed E-state index contributed by atoms with van der Waals surface area (Å²) in [5.41, 5.74) is 8.96. The number of carbonyl (C=O) groups excluding carboxylic acids is 2. The molecule has 6 heteroatoms. The van der Waals surface area contributed by atoms with Crippen molar-refractivity contribution >= 4 is 29.9 Å². The van der Waals surface area contributed by atoms with Crippen LogP contribution in [0, 0.1) is 11.8 Å². The van der Waals surface area contributed by atoms with Crippen LogP contribution in [0.2, 0.25) is 0 Å². The highest BCUT2D eigenvalue weighted by Crippen LogP contribution is 2.35. The van der Waals surface area contributed by atoms with E-state index in [1.807, 2.05) is 6.07 Å². The second-order valence-corrected chi connectivity index (χ2v) is 6.93. The van der Waals surface area contributed by atoms with Gasteiger partial charge in [0, 0.05) is 18.2 Å². The molecule has 5 nitrogen and oxygen atoms in total. The van der Waals surface area contributed by atoms with Crippen molar-refractivity contribution in [3.05, 3.63) is 29.3 Å². The Morgan fingerprint density at radius 3 is 2.88 bits per heavy atom. The van der Waals surface area contributed by atoms with Crippen LogP contribution in [-0.2, 0) is 16.0 Å².